The van der Waals surface area contributed by atoms with E-state index in [1.807, 2.05) is 0 Å². The second kappa shape index (κ2) is 8.03. The first kappa shape index (κ1) is 19.5. The van der Waals surface area contributed by atoms with E-state index in [4.69, 9.17) is 16.7 Å². The molecule has 25 heavy (non-hydrogen) atoms. The van der Waals surface area contributed by atoms with Crippen LogP contribution in [0.2, 0.25) is 5.02 Å². The monoisotopic (exact) mass is 389 g/mol. The van der Waals surface area contributed by atoms with Gasteiger partial charge in [0.2, 0.25) is 10.0 Å². The Morgan fingerprint density at radius 1 is 1.36 bits per heavy atom. The maximum Gasteiger partial charge on any atom is 0.317 e. The van der Waals surface area contributed by atoms with Gasteiger partial charge >= 0.3 is 12.0 Å². The van der Waals surface area contributed by atoms with Crippen molar-refractivity contribution in [3.8, 4) is 0 Å². The summed E-state index contributed by atoms with van der Waals surface area (Å²) in [6.45, 7) is 2.30. The molecule has 0 aromatic heterocycles. The highest BCUT2D eigenvalue weighted by atomic mass is 35.5. The van der Waals surface area contributed by atoms with E-state index in [1.165, 1.54) is 17.0 Å². The molecule has 1 atom stereocenters. The van der Waals surface area contributed by atoms with Gasteiger partial charge in [0, 0.05) is 31.2 Å². The predicted molar refractivity (Wildman–Crippen MR) is 92.1 cm³/mol. The summed E-state index contributed by atoms with van der Waals surface area (Å²) >= 11 is 5.82. The fraction of sp³-hybridized carbons (Fsp3) is 0.467. The van der Waals surface area contributed by atoms with Gasteiger partial charge in [-0.3, -0.25) is 4.79 Å². The molecule has 8 nitrogen and oxygen atoms in total. The van der Waals surface area contributed by atoms with Gasteiger partial charge in [0.1, 0.15) is 0 Å². The van der Waals surface area contributed by atoms with Crippen molar-refractivity contribution in [2.45, 2.75) is 18.2 Å². The summed E-state index contributed by atoms with van der Waals surface area (Å²) in [6, 6.07) is 4.08. The quantitative estimate of drug-likeness (QED) is 0.629. The molecule has 0 saturated carbocycles. The summed E-state index contributed by atoms with van der Waals surface area (Å²) < 4.78 is 26.9. The highest BCUT2D eigenvalue weighted by Crippen LogP contribution is 2.19. The lowest BCUT2D eigenvalue weighted by Crippen LogP contribution is -2.42. The molecule has 1 saturated heterocycles. The predicted octanol–water partition coefficient (Wildman–Crippen LogP) is 1.04. The van der Waals surface area contributed by atoms with Gasteiger partial charge < -0.3 is 15.3 Å². The van der Waals surface area contributed by atoms with E-state index in [0.717, 1.165) is 0 Å². The molecule has 0 aliphatic carbocycles. The molecule has 2 rings (SSSR count). The fourth-order valence-corrected chi connectivity index (χ4v) is 4.09. The number of halogens is 1. The molecular weight excluding hydrogens is 370 g/mol. The molecule has 2 amide bonds. The van der Waals surface area contributed by atoms with Crippen LogP contribution in [0, 0.1) is 12.8 Å². The molecule has 1 aromatic rings. The summed E-state index contributed by atoms with van der Waals surface area (Å²) in [5, 5.41) is 12.0. The first-order chi connectivity index (χ1) is 11.7. The molecule has 1 heterocycles. The number of carbonyl (C=O) groups is 2. The first-order valence-corrected chi connectivity index (χ1v) is 9.58. The molecule has 0 spiro atoms. The summed E-state index contributed by atoms with van der Waals surface area (Å²) in [5.41, 5.74) is 0.529. The minimum atomic E-state index is -3.70. The summed E-state index contributed by atoms with van der Waals surface area (Å²) in [5.74, 6) is -1.46. The van der Waals surface area contributed by atoms with Crippen LogP contribution in [0.5, 0.6) is 0 Å². The van der Waals surface area contributed by atoms with E-state index in [0.29, 0.717) is 23.6 Å². The molecule has 10 heteroatoms. The number of benzene rings is 1. The zero-order valence-corrected chi connectivity index (χ0v) is 15.2. The van der Waals surface area contributed by atoms with Crippen molar-refractivity contribution >= 4 is 33.6 Å². The molecule has 1 aliphatic rings. The summed E-state index contributed by atoms with van der Waals surface area (Å²) in [4.78, 5) is 24.4. The van der Waals surface area contributed by atoms with E-state index < -0.39 is 27.9 Å². The lowest BCUT2D eigenvalue weighted by Gasteiger charge is -2.17. The van der Waals surface area contributed by atoms with Crippen molar-refractivity contribution in [2.24, 2.45) is 5.92 Å². The van der Waals surface area contributed by atoms with Crippen molar-refractivity contribution < 1.29 is 23.1 Å². The molecule has 0 radical (unpaired) electrons. The van der Waals surface area contributed by atoms with E-state index in [9.17, 15) is 18.0 Å². The number of hydrogen-bond donors (Lipinski definition) is 3. The smallest absolute Gasteiger partial charge is 0.317 e. The Bertz CT molecular complexity index is 768. The number of urea groups is 1. The number of carbonyl (C=O) groups excluding carboxylic acids is 1. The number of aliphatic carboxylic acids is 1. The van der Waals surface area contributed by atoms with E-state index in [-0.39, 0.29) is 24.5 Å². The molecule has 3 N–H and O–H groups in total. The molecule has 0 bridgehead atoms. The van der Waals surface area contributed by atoms with Gasteiger partial charge in [-0.25, -0.2) is 17.9 Å². The standard InChI is InChI=1S/C15H20ClN3O5S/c1-10-8-12(16)2-3-13(10)25(23,24)18-6-5-17-15(22)19-7-4-11(9-19)14(20)21/h2-3,8,11,18H,4-7,9H2,1H3,(H,17,22)(H,20,21). The Labute approximate surface area is 151 Å². The van der Waals surface area contributed by atoms with Crippen molar-refractivity contribution in [1.29, 1.82) is 0 Å². The maximum absolute atomic E-state index is 12.2. The van der Waals surface area contributed by atoms with Gasteiger partial charge in [-0.05, 0) is 37.1 Å². The number of carboxylic acid groups (broad SMARTS) is 1. The van der Waals surface area contributed by atoms with Crippen LogP contribution < -0.4 is 10.0 Å². The number of hydrogen-bond acceptors (Lipinski definition) is 4. The third kappa shape index (κ3) is 5.07. The number of amides is 2. The lowest BCUT2D eigenvalue weighted by atomic mass is 10.1. The van der Waals surface area contributed by atoms with Gasteiger partial charge in [-0.1, -0.05) is 11.6 Å². The lowest BCUT2D eigenvalue weighted by molar-refractivity contribution is -0.141. The van der Waals surface area contributed by atoms with Crippen molar-refractivity contribution in [2.75, 3.05) is 26.2 Å². The van der Waals surface area contributed by atoms with Gasteiger partial charge in [-0.2, -0.15) is 0 Å². The van der Waals surface area contributed by atoms with Crippen LogP contribution in [0.15, 0.2) is 23.1 Å². The number of aryl methyl sites for hydroxylation is 1. The average Bonchev–Trinajstić information content (AvgIpc) is 3.01. The normalized spacial score (nSPS) is 17.5. The first-order valence-electron chi connectivity index (χ1n) is 7.72. The minimum Gasteiger partial charge on any atom is -0.481 e. The van der Waals surface area contributed by atoms with Crippen LogP contribution >= 0.6 is 11.6 Å². The largest absolute Gasteiger partial charge is 0.481 e. The Kier molecular flexibility index (Phi) is 6.26. The van der Waals surface area contributed by atoms with Crippen LogP contribution in [0.3, 0.4) is 0 Å². The Morgan fingerprint density at radius 3 is 2.68 bits per heavy atom. The van der Waals surface area contributed by atoms with Crippen LogP contribution in [-0.4, -0.2) is 56.6 Å². The van der Waals surface area contributed by atoms with Crippen LogP contribution in [0.1, 0.15) is 12.0 Å². The minimum absolute atomic E-state index is 0.0202. The SMILES string of the molecule is Cc1cc(Cl)ccc1S(=O)(=O)NCCNC(=O)N1CCC(C(=O)O)C1. The number of sulfonamides is 1. The number of likely N-dealkylation sites (tertiary alicyclic amines) is 1. The summed E-state index contributed by atoms with van der Waals surface area (Å²) in [6.07, 6.45) is 0.422. The average molecular weight is 390 g/mol. The van der Waals surface area contributed by atoms with Crippen molar-refractivity contribution in [3.05, 3.63) is 28.8 Å². The molecule has 1 aromatic carbocycles. The highest BCUT2D eigenvalue weighted by Gasteiger charge is 2.30. The van der Waals surface area contributed by atoms with E-state index in [2.05, 4.69) is 10.0 Å². The Morgan fingerprint density at radius 2 is 2.08 bits per heavy atom. The maximum atomic E-state index is 12.2. The van der Waals surface area contributed by atoms with Gasteiger partial charge in [0.15, 0.2) is 0 Å². The highest BCUT2D eigenvalue weighted by molar-refractivity contribution is 7.89. The Balaban J connectivity index is 1.80. The molecule has 138 valence electrons. The van der Waals surface area contributed by atoms with Gasteiger partial charge in [-0.15, -0.1) is 0 Å². The Hall–Kier alpha value is -1.84. The van der Waals surface area contributed by atoms with Crippen LogP contribution in [0.4, 0.5) is 4.79 Å². The van der Waals surface area contributed by atoms with Crippen LogP contribution in [-0.2, 0) is 14.8 Å². The van der Waals surface area contributed by atoms with Crippen molar-refractivity contribution in [3.63, 3.8) is 0 Å². The van der Waals surface area contributed by atoms with Crippen LogP contribution in [0.25, 0.3) is 0 Å². The van der Waals surface area contributed by atoms with E-state index in [1.54, 1.807) is 13.0 Å². The van der Waals surface area contributed by atoms with E-state index >= 15 is 0 Å². The third-order valence-electron chi connectivity index (χ3n) is 3.94. The molecular formula is C15H20ClN3O5S. The second-order valence-electron chi connectivity index (χ2n) is 5.81. The molecule has 1 aliphatic heterocycles. The fourth-order valence-electron chi connectivity index (χ4n) is 2.61. The topological polar surface area (TPSA) is 116 Å². The molecule has 1 fully saturated rings. The van der Waals surface area contributed by atoms with Gasteiger partial charge in [0.05, 0.1) is 10.8 Å². The summed E-state index contributed by atoms with van der Waals surface area (Å²) in [7, 11) is -3.70. The third-order valence-corrected chi connectivity index (χ3v) is 5.80. The number of carboxylic acids is 1. The number of nitrogens with one attached hydrogen (secondary N) is 2. The zero-order chi connectivity index (χ0) is 18.6. The second-order valence-corrected chi connectivity index (χ2v) is 7.98. The molecule has 1 unspecified atom stereocenters. The van der Waals surface area contributed by atoms with Crippen molar-refractivity contribution in [1.82, 2.24) is 14.9 Å². The van der Waals surface area contributed by atoms with Gasteiger partial charge in [0.25, 0.3) is 0 Å². The zero-order valence-electron chi connectivity index (χ0n) is 13.7. The number of nitrogens with zero attached hydrogens (tertiary/aromatic N) is 1. The number of rotatable bonds is 6.